The molecule has 2 rings (SSSR count). The Balaban J connectivity index is 1.73. The van der Waals surface area contributed by atoms with Crippen LogP contribution in [0.4, 0.5) is 0 Å². The number of aromatic nitrogens is 1. The first-order valence-corrected chi connectivity index (χ1v) is 11.1. The average Bonchev–Trinajstić information content (AvgIpc) is 3.24. The third kappa shape index (κ3) is 7.37. The predicted octanol–water partition coefficient (Wildman–Crippen LogP) is 4.45. The summed E-state index contributed by atoms with van der Waals surface area (Å²) in [6, 6.07) is 8.04. The maximum atomic E-state index is 12.3. The van der Waals surface area contributed by atoms with Crippen LogP contribution in [0.25, 0.3) is 10.4 Å². The van der Waals surface area contributed by atoms with Crippen LogP contribution in [-0.2, 0) is 16.1 Å². The van der Waals surface area contributed by atoms with E-state index in [0.717, 1.165) is 16.0 Å². The minimum absolute atomic E-state index is 0.00499. The molecule has 5 nitrogen and oxygen atoms in total. The maximum absolute atomic E-state index is 12.3. The number of benzene rings is 1. The van der Waals surface area contributed by atoms with Crippen LogP contribution in [0.5, 0.6) is 0 Å². The summed E-state index contributed by atoms with van der Waals surface area (Å²) in [5, 5.41) is 13.1. The number of aliphatic hydroxyl groups excluding tert-OH is 1. The van der Waals surface area contributed by atoms with Crippen LogP contribution < -0.4 is 5.32 Å². The van der Waals surface area contributed by atoms with Crippen LogP contribution in [-0.4, -0.2) is 27.9 Å². The summed E-state index contributed by atoms with van der Waals surface area (Å²) in [6.07, 6.45) is 2.33. The number of aliphatic hydroxyl groups is 1. The Morgan fingerprint density at radius 3 is 2.41 bits per heavy atom. The van der Waals surface area contributed by atoms with E-state index < -0.39 is 6.10 Å². The number of thiazole rings is 1. The molecule has 0 saturated carbocycles. The van der Waals surface area contributed by atoms with Crippen LogP contribution in [0.1, 0.15) is 52.5 Å². The van der Waals surface area contributed by atoms with Crippen molar-refractivity contribution in [3.05, 3.63) is 41.5 Å². The van der Waals surface area contributed by atoms with E-state index >= 15 is 0 Å². The number of carbonyl (C=O) groups excluding carboxylic acids is 2. The summed E-state index contributed by atoms with van der Waals surface area (Å²) in [7, 11) is 0. The van der Waals surface area contributed by atoms with Gasteiger partial charge in [0.25, 0.3) is 0 Å². The number of nitrogens with zero attached hydrogens (tertiary/aromatic N) is 1. The summed E-state index contributed by atoms with van der Waals surface area (Å²) in [4.78, 5) is 29.6. The number of Topliss-reactive ketones (excluding diaryl/α,β-unsaturated/α-hetero) is 1. The van der Waals surface area contributed by atoms with E-state index in [-0.39, 0.29) is 23.5 Å². The summed E-state index contributed by atoms with van der Waals surface area (Å²) >= 11 is 1.59. The van der Waals surface area contributed by atoms with Gasteiger partial charge in [0, 0.05) is 31.0 Å². The number of hydrogen-bond acceptors (Lipinski definition) is 5. The lowest BCUT2D eigenvalue weighted by atomic mass is 9.89. The minimum Gasteiger partial charge on any atom is -0.393 e. The van der Waals surface area contributed by atoms with Crippen LogP contribution in [0, 0.1) is 17.8 Å². The van der Waals surface area contributed by atoms with E-state index in [4.69, 9.17) is 0 Å². The Bertz CT molecular complexity index is 772. The van der Waals surface area contributed by atoms with Gasteiger partial charge in [-0.15, -0.1) is 11.3 Å². The molecule has 1 aromatic heterocycles. The zero-order chi connectivity index (χ0) is 21.4. The highest BCUT2D eigenvalue weighted by atomic mass is 32.1. The molecule has 0 aliphatic carbocycles. The molecule has 0 fully saturated rings. The number of ketones is 1. The SMILES string of the molecule is CC(C)[C@H](C)C(=O)CC[C@H](O)C[C@H](C)C(=O)NCc1ccc(-c2cncs2)cc1. The van der Waals surface area contributed by atoms with E-state index in [0.29, 0.717) is 31.7 Å². The topological polar surface area (TPSA) is 79.3 Å². The molecule has 0 aliphatic heterocycles. The van der Waals surface area contributed by atoms with Gasteiger partial charge in [-0.1, -0.05) is 52.0 Å². The molecule has 2 aromatic rings. The van der Waals surface area contributed by atoms with E-state index in [2.05, 4.69) is 10.3 Å². The standard InChI is InChI=1S/C23H32N2O3S/c1-15(2)17(4)21(27)10-9-20(26)11-16(3)23(28)25-12-18-5-7-19(8-6-18)22-13-24-14-29-22/h5-8,13-17,20,26H,9-12H2,1-4H3,(H,25,28)/t16-,17-,20-/m0/s1. The summed E-state index contributed by atoms with van der Waals surface area (Å²) < 4.78 is 0. The Morgan fingerprint density at radius 2 is 1.83 bits per heavy atom. The predicted molar refractivity (Wildman–Crippen MR) is 117 cm³/mol. The Labute approximate surface area is 177 Å². The molecule has 2 N–H and O–H groups in total. The zero-order valence-corrected chi connectivity index (χ0v) is 18.5. The lowest BCUT2D eigenvalue weighted by Crippen LogP contribution is -2.31. The number of carbonyl (C=O) groups is 2. The van der Waals surface area contributed by atoms with Crippen molar-refractivity contribution in [3.8, 4) is 10.4 Å². The summed E-state index contributed by atoms with van der Waals surface area (Å²) in [5.41, 5.74) is 3.94. The first kappa shape index (κ1) is 23.2. The highest BCUT2D eigenvalue weighted by Crippen LogP contribution is 2.23. The molecule has 29 heavy (non-hydrogen) atoms. The van der Waals surface area contributed by atoms with E-state index in [9.17, 15) is 14.7 Å². The molecule has 0 spiro atoms. The van der Waals surface area contributed by atoms with Gasteiger partial charge in [0.1, 0.15) is 5.78 Å². The molecule has 0 bridgehead atoms. The largest absolute Gasteiger partial charge is 0.393 e. The smallest absolute Gasteiger partial charge is 0.223 e. The number of nitrogens with one attached hydrogen (secondary N) is 1. The van der Waals surface area contributed by atoms with Crippen LogP contribution in [0.3, 0.4) is 0 Å². The molecule has 1 aromatic carbocycles. The molecule has 1 heterocycles. The van der Waals surface area contributed by atoms with Crippen molar-refractivity contribution >= 4 is 23.0 Å². The second-order valence-electron chi connectivity index (χ2n) is 8.11. The van der Waals surface area contributed by atoms with Crippen LogP contribution in [0.2, 0.25) is 0 Å². The molecular weight excluding hydrogens is 384 g/mol. The summed E-state index contributed by atoms with van der Waals surface area (Å²) in [6.45, 7) is 8.24. The second kappa shape index (κ2) is 11.2. The van der Waals surface area contributed by atoms with Gasteiger partial charge in [0.05, 0.1) is 16.5 Å². The molecular formula is C23H32N2O3S. The third-order valence-corrected chi connectivity index (χ3v) is 6.26. The van der Waals surface area contributed by atoms with E-state index in [1.165, 1.54) is 0 Å². The lowest BCUT2D eigenvalue weighted by Gasteiger charge is -2.18. The zero-order valence-electron chi connectivity index (χ0n) is 17.7. The van der Waals surface area contributed by atoms with Crippen LogP contribution in [0.15, 0.2) is 36.0 Å². The minimum atomic E-state index is -0.641. The van der Waals surface area contributed by atoms with Gasteiger partial charge in [0.2, 0.25) is 5.91 Å². The first-order valence-electron chi connectivity index (χ1n) is 10.2. The molecule has 158 valence electrons. The van der Waals surface area contributed by atoms with Crippen molar-refractivity contribution in [3.63, 3.8) is 0 Å². The molecule has 0 radical (unpaired) electrons. The number of rotatable bonds is 11. The van der Waals surface area contributed by atoms with Crippen LogP contribution >= 0.6 is 11.3 Å². The second-order valence-corrected chi connectivity index (χ2v) is 9.00. The van der Waals surface area contributed by atoms with E-state index in [1.54, 1.807) is 16.8 Å². The molecule has 1 amide bonds. The highest BCUT2D eigenvalue weighted by Gasteiger charge is 2.21. The maximum Gasteiger partial charge on any atom is 0.223 e. The van der Waals surface area contributed by atoms with Gasteiger partial charge in [-0.2, -0.15) is 0 Å². The number of amides is 1. The molecule has 0 saturated heterocycles. The number of hydrogen-bond donors (Lipinski definition) is 2. The Morgan fingerprint density at radius 1 is 1.14 bits per heavy atom. The van der Waals surface area contributed by atoms with E-state index in [1.807, 2.05) is 58.2 Å². The third-order valence-electron chi connectivity index (χ3n) is 5.44. The van der Waals surface area contributed by atoms with Gasteiger partial charge < -0.3 is 10.4 Å². The Kier molecular flexibility index (Phi) is 8.99. The van der Waals surface area contributed by atoms with Gasteiger partial charge in [-0.05, 0) is 29.9 Å². The molecule has 6 heteroatoms. The summed E-state index contributed by atoms with van der Waals surface area (Å²) in [5.74, 6) is 0.0975. The van der Waals surface area contributed by atoms with Gasteiger partial charge in [-0.25, -0.2) is 0 Å². The highest BCUT2D eigenvalue weighted by molar-refractivity contribution is 7.13. The van der Waals surface area contributed by atoms with Crippen molar-refractivity contribution < 1.29 is 14.7 Å². The quantitative estimate of drug-likeness (QED) is 0.567. The van der Waals surface area contributed by atoms with Crippen molar-refractivity contribution in [2.75, 3.05) is 0 Å². The fourth-order valence-corrected chi connectivity index (χ4v) is 3.68. The average molecular weight is 417 g/mol. The van der Waals surface area contributed by atoms with Crippen molar-refractivity contribution in [2.24, 2.45) is 17.8 Å². The fraction of sp³-hybridized carbons (Fsp3) is 0.522. The molecule has 3 atom stereocenters. The lowest BCUT2D eigenvalue weighted by molar-refractivity contribution is -0.125. The van der Waals surface area contributed by atoms with Gasteiger partial charge in [-0.3, -0.25) is 14.6 Å². The van der Waals surface area contributed by atoms with Gasteiger partial charge >= 0.3 is 0 Å². The normalized spacial score (nSPS) is 14.4. The van der Waals surface area contributed by atoms with Crippen molar-refractivity contribution in [1.29, 1.82) is 0 Å². The molecule has 0 aliphatic rings. The fourth-order valence-electron chi connectivity index (χ4n) is 3.05. The monoisotopic (exact) mass is 416 g/mol. The van der Waals surface area contributed by atoms with Gasteiger partial charge in [0.15, 0.2) is 0 Å². The first-order chi connectivity index (χ1) is 13.8. The molecule has 0 unspecified atom stereocenters. The van der Waals surface area contributed by atoms with Crippen molar-refractivity contribution in [1.82, 2.24) is 10.3 Å². The van der Waals surface area contributed by atoms with Crippen molar-refractivity contribution in [2.45, 2.75) is 59.6 Å². The Hall–Kier alpha value is -2.05.